The number of urea groups is 1. The van der Waals surface area contributed by atoms with Crippen molar-refractivity contribution >= 4 is 12.0 Å². The molecule has 0 radical (unpaired) electrons. The molecule has 9 nitrogen and oxygen atoms in total. The molecule has 1 aliphatic carbocycles. The molecule has 9 heteroatoms. The number of hydrogen-bond acceptors (Lipinski definition) is 5. The minimum absolute atomic E-state index is 0.0256. The first-order valence-corrected chi connectivity index (χ1v) is 6.76. The third-order valence-electron chi connectivity index (χ3n) is 3.39. The number of amides is 2. The summed E-state index contributed by atoms with van der Waals surface area (Å²) in [6, 6.07) is -0.269. The van der Waals surface area contributed by atoms with Gasteiger partial charge in [-0.2, -0.15) is 0 Å². The highest BCUT2D eigenvalue weighted by molar-refractivity contribution is 5.74. The summed E-state index contributed by atoms with van der Waals surface area (Å²) in [4.78, 5) is 22.3. The van der Waals surface area contributed by atoms with Crippen LogP contribution in [0.4, 0.5) is 4.79 Å². The molecule has 0 aliphatic heterocycles. The monoisotopic (exact) mass is 297 g/mol. The minimum atomic E-state index is -0.996. The van der Waals surface area contributed by atoms with Crippen molar-refractivity contribution in [3.05, 3.63) is 11.9 Å². The van der Waals surface area contributed by atoms with E-state index in [9.17, 15) is 9.59 Å². The van der Waals surface area contributed by atoms with Crippen molar-refractivity contribution in [2.45, 2.75) is 44.5 Å². The smallest absolute Gasteiger partial charge is 0.325 e. The number of aromatic nitrogens is 3. The molecule has 3 N–H and O–H groups in total. The van der Waals surface area contributed by atoms with Gasteiger partial charge >= 0.3 is 12.0 Å². The first kappa shape index (κ1) is 15.2. The predicted molar refractivity (Wildman–Crippen MR) is 71.5 cm³/mol. The largest absolute Gasteiger partial charge is 0.480 e. The lowest BCUT2D eigenvalue weighted by molar-refractivity contribution is -0.137. The van der Waals surface area contributed by atoms with Gasteiger partial charge in [0.1, 0.15) is 12.2 Å². The van der Waals surface area contributed by atoms with Gasteiger partial charge in [0, 0.05) is 7.11 Å². The van der Waals surface area contributed by atoms with Crippen molar-refractivity contribution in [2.75, 3.05) is 7.11 Å². The highest BCUT2D eigenvalue weighted by Crippen LogP contribution is 2.21. The van der Waals surface area contributed by atoms with E-state index in [4.69, 9.17) is 9.84 Å². The molecule has 116 valence electrons. The molecule has 1 saturated carbocycles. The number of nitrogens with zero attached hydrogens (tertiary/aromatic N) is 3. The minimum Gasteiger partial charge on any atom is -0.480 e. The lowest BCUT2D eigenvalue weighted by Crippen LogP contribution is -2.45. The number of rotatable bonds is 6. The summed E-state index contributed by atoms with van der Waals surface area (Å²) in [6.07, 6.45) is 4.44. The zero-order valence-corrected chi connectivity index (χ0v) is 11.8. The van der Waals surface area contributed by atoms with E-state index in [-0.39, 0.29) is 31.3 Å². The summed E-state index contributed by atoms with van der Waals surface area (Å²) in [5, 5.41) is 21.6. The molecule has 0 aromatic carbocycles. The molecular weight excluding hydrogens is 278 g/mol. The Morgan fingerprint density at radius 3 is 3.05 bits per heavy atom. The third-order valence-corrected chi connectivity index (χ3v) is 3.39. The van der Waals surface area contributed by atoms with E-state index in [1.54, 1.807) is 7.11 Å². The molecule has 0 saturated heterocycles. The maximum atomic E-state index is 11.8. The van der Waals surface area contributed by atoms with Crippen molar-refractivity contribution in [1.82, 2.24) is 25.6 Å². The fourth-order valence-corrected chi connectivity index (χ4v) is 2.40. The van der Waals surface area contributed by atoms with E-state index < -0.39 is 5.97 Å². The first-order chi connectivity index (χ1) is 10.1. The molecule has 1 heterocycles. The standard InChI is InChI=1S/C12H19N5O4/c1-21-10-4-2-3-9(10)14-12(20)13-5-8-6-17(16-15-8)7-11(18)19/h6,9-10H,2-5,7H2,1H3,(H,18,19)(H2,13,14,20). The van der Waals surface area contributed by atoms with Crippen molar-refractivity contribution in [3.8, 4) is 0 Å². The predicted octanol–water partition coefficient (Wildman–Crippen LogP) is -0.271. The van der Waals surface area contributed by atoms with Crippen molar-refractivity contribution in [3.63, 3.8) is 0 Å². The van der Waals surface area contributed by atoms with Gasteiger partial charge in [-0.05, 0) is 19.3 Å². The Labute approximate surface area is 121 Å². The van der Waals surface area contributed by atoms with E-state index in [0.29, 0.717) is 5.69 Å². The topological polar surface area (TPSA) is 118 Å². The second-order valence-corrected chi connectivity index (χ2v) is 4.94. The quantitative estimate of drug-likeness (QED) is 0.665. The van der Waals surface area contributed by atoms with Gasteiger partial charge in [0.2, 0.25) is 0 Å². The zero-order chi connectivity index (χ0) is 15.2. The van der Waals surface area contributed by atoms with Gasteiger partial charge in [-0.15, -0.1) is 5.10 Å². The third kappa shape index (κ3) is 4.42. The van der Waals surface area contributed by atoms with Gasteiger partial charge in [-0.25, -0.2) is 9.48 Å². The van der Waals surface area contributed by atoms with Gasteiger partial charge in [0.05, 0.1) is 24.9 Å². The number of carboxylic acids is 1. The molecule has 2 rings (SSSR count). The lowest BCUT2D eigenvalue weighted by atomic mass is 10.2. The highest BCUT2D eigenvalue weighted by atomic mass is 16.5. The average Bonchev–Trinajstić information content (AvgIpc) is 3.05. The van der Waals surface area contributed by atoms with Gasteiger partial charge in [-0.3, -0.25) is 4.79 Å². The SMILES string of the molecule is COC1CCCC1NC(=O)NCc1cn(CC(=O)O)nn1. The number of methoxy groups -OCH3 is 1. The van der Waals surface area contributed by atoms with Crippen LogP contribution < -0.4 is 10.6 Å². The molecule has 2 unspecified atom stereocenters. The Hall–Kier alpha value is -2.16. The van der Waals surface area contributed by atoms with E-state index in [1.807, 2.05) is 0 Å². The average molecular weight is 297 g/mol. The molecule has 0 spiro atoms. The van der Waals surface area contributed by atoms with Crippen LogP contribution in [0, 0.1) is 0 Å². The van der Waals surface area contributed by atoms with Crippen LogP contribution >= 0.6 is 0 Å². The summed E-state index contributed by atoms with van der Waals surface area (Å²) in [6.45, 7) is -0.0629. The summed E-state index contributed by atoms with van der Waals surface area (Å²) in [5.74, 6) is -0.996. The second kappa shape index (κ2) is 7.02. The Morgan fingerprint density at radius 1 is 1.52 bits per heavy atom. The molecule has 1 aliphatic rings. The zero-order valence-electron chi connectivity index (χ0n) is 11.8. The highest BCUT2D eigenvalue weighted by Gasteiger charge is 2.28. The number of hydrogen-bond donors (Lipinski definition) is 3. The normalized spacial score (nSPS) is 21.2. The fraction of sp³-hybridized carbons (Fsp3) is 0.667. The molecule has 2 amide bonds. The Bertz CT molecular complexity index is 504. The van der Waals surface area contributed by atoms with Gasteiger partial charge in [0.15, 0.2) is 0 Å². The van der Waals surface area contributed by atoms with Crippen LogP contribution in [-0.4, -0.2) is 51.4 Å². The van der Waals surface area contributed by atoms with Crippen LogP contribution in [-0.2, 0) is 22.6 Å². The second-order valence-electron chi connectivity index (χ2n) is 4.94. The Morgan fingerprint density at radius 2 is 2.33 bits per heavy atom. The van der Waals surface area contributed by atoms with Gasteiger partial charge in [0.25, 0.3) is 0 Å². The number of aliphatic carboxylic acids is 1. The number of carbonyl (C=O) groups is 2. The maximum Gasteiger partial charge on any atom is 0.325 e. The van der Waals surface area contributed by atoms with E-state index in [0.717, 1.165) is 19.3 Å². The van der Waals surface area contributed by atoms with Gasteiger partial charge < -0.3 is 20.5 Å². The molecular formula is C12H19N5O4. The van der Waals surface area contributed by atoms with Crippen LogP contribution in [0.3, 0.4) is 0 Å². The number of carbonyl (C=O) groups excluding carboxylic acids is 1. The summed E-state index contributed by atoms with van der Waals surface area (Å²) < 4.78 is 6.51. The van der Waals surface area contributed by atoms with E-state index in [2.05, 4.69) is 20.9 Å². The van der Waals surface area contributed by atoms with Crippen LogP contribution in [0.2, 0.25) is 0 Å². The number of ether oxygens (including phenoxy) is 1. The number of nitrogens with one attached hydrogen (secondary N) is 2. The molecule has 2 atom stereocenters. The van der Waals surface area contributed by atoms with Crippen LogP contribution in [0.25, 0.3) is 0 Å². The van der Waals surface area contributed by atoms with Crippen LogP contribution in [0.1, 0.15) is 25.0 Å². The Balaban J connectivity index is 1.76. The van der Waals surface area contributed by atoms with Crippen LogP contribution in [0.15, 0.2) is 6.20 Å². The summed E-state index contributed by atoms with van der Waals surface area (Å²) in [5.41, 5.74) is 0.501. The van der Waals surface area contributed by atoms with Crippen molar-refractivity contribution in [2.24, 2.45) is 0 Å². The lowest BCUT2D eigenvalue weighted by Gasteiger charge is -2.19. The first-order valence-electron chi connectivity index (χ1n) is 6.76. The van der Waals surface area contributed by atoms with E-state index in [1.165, 1.54) is 10.9 Å². The molecule has 21 heavy (non-hydrogen) atoms. The Kier molecular flexibility index (Phi) is 5.09. The van der Waals surface area contributed by atoms with Crippen molar-refractivity contribution < 1.29 is 19.4 Å². The maximum absolute atomic E-state index is 11.8. The molecule has 1 fully saturated rings. The number of carboxylic acid groups (broad SMARTS) is 1. The molecule has 1 aromatic rings. The fourth-order valence-electron chi connectivity index (χ4n) is 2.40. The van der Waals surface area contributed by atoms with E-state index >= 15 is 0 Å². The van der Waals surface area contributed by atoms with Gasteiger partial charge in [-0.1, -0.05) is 5.21 Å². The summed E-state index contributed by atoms with van der Waals surface area (Å²) >= 11 is 0. The summed E-state index contributed by atoms with van der Waals surface area (Å²) in [7, 11) is 1.64. The molecule has 0 bridgehead atoms. The van der Waals surface area contributed by atoms with Crippen LogP contribution in [0.5, 0.6) is 0 Å². The van der Waals surface area contributed by atoms with Crippen molar-refractivity contribution in [1.29, 1.82) is 0 Å². The molecule has 1 aromatic heterocycles.